The molecule has 1 aromatic rings. The van der Waals surface area contributed by atoms with Crippen LogP contribution in [-0.4, -0.2) is 58.6 Å². The van der Waals surface area contributed by atoms with Crippen molar-refractivity contribution in [2.24, 2.45) is 0 Å². The van der Waals surface area contributed by atoms with Gasteiger partial charge < -0.3 is 24.4 Å². The third-order valence-electron chi connectivity index (χ3n) is 2.61. The summed E-state index contributed by atoms with van der Waals surface area (Å²) in [5, 5.41) is 22.3. The highest BCUT2D eigenvalue weighted by molar-refractivity contribution is 5.92. The van der Waals surface area contributed by atoms with Crippen LogP contribution in [0.15, 0.2) is 10.6 Å². The quantitative estimate of drug-likeness (QED) is 0.705. The first-order chi connectivity index (χ1) is 8.11. The van der Waals surface area contributed by atoms with Crippen LogP contribution in [-0.2, 0) is 11.3 Å². The number of carbonyl (C=O) groups excluding carboxylic acids is 1. The zero-order chi connectivity index (χ0) is 12.4. The van der Waals surface area contributed by atoms with Gasteiger partial charge in [0, 0.05) is 26.3 Å². The third kappa shape index (κ3) is 2.46. The van der Waals surface area contributed by atoms with Gasteiger partial charge in [0.15, 0.2) is 11.5 Å². The van der Waals surface area contributed by atoms with Crippen LogP contribution in [0.5, 0.6) is 0 Å². The van der Waals surface area contributed by atoms with E-state index in [1.165, 1.54) is 18.1 Å². The summed E-state index contributed by atoms with van der Waals surface area (Å²) in [7, 11) is 1.51. The molecule has 1 fully saturated rings. The van der Waals surface area contributed by atoms with E-state index in [0.29, 0.717) is 5.76 Å². The SMILES string of the molecule is COCc1cc(C(=O)N2CC(O)C(O)C2)no1. The number of aliphatic hydroxyl groups excluding tert-OH is 2. The molecule has 7 nitrogen and oxygen atoms in total. The summed E-state index contributed by atoms with van der Waals surface area (Å²) < 4.78 is 9.73. The predicted octanol–water partition coefficient (Wildman–Crippen LogP) is -1.00. The molecule has 2 unspecified atom stereocenters. The fraction of sp³-hybridized carbons (Fsp3) is 0.600. The van der Waals surface area contributed by atoms with Gasteiger partial charge in [-0.25, -0.2) is 0 Å². The van der Waals surface area contributed by atoms with Crippen LogP contribution in [0.2, 0.25) is 0 Å². The first-order valence-electron chi connectivity index (χ1n) is 5.21. The van der Waals surface area contributed by atoms with Gasteiger partial charge >= 0.3 is 0 Å². The number of methoxy groups -OCH3 is 1. The van der Waals surface area contributed by atoms with E-state index in [-0.39, 0.29) is 31.3 Å². The third-order valence-corrected chi connectivity index (χ3v) is 2.61. The van der Waals surface area contributed by atoms with Crippen LogP contribution in [0.25, 0.3) is 0 Å². The molecule has 1 aliphatic heterocycles. The normalized spacial score (nSPS) is 24.3. The molecule has 7 heteroatoms. The van der Waals surface area contributed by atoms with Crippen LogP contribution in [0.3, 0.4) is 0 Å². The van der Waals surface area contributed by atoms with Gasteiger partial charge in [-0.2, -0.15) is 0 Å². The molecule has 0 bridgehead atoms. The number of likely N-dealkylation sites (tertiary alicyclic amines) is 1. The van der Waals surface area contributed by atoms with Gasteiger partial charge in [0.1, 0.15) is 6.61 Å². The number of aromatic nitrogens is 1. The molecule has 1 saturated heterocycles. The lowest BCUT2D eigenvalue weighted by Crippen LogP contribution is -2.30. The van der Waals surface area contributed by atoms with Crippen molar-refractivity contribution in [1.29, 1.82) is 0 Å². The molecule has 94 valence electrons. The molecule has 0 radical (unpaired) electrons. The lowest BCUT2D eigenvalue weighted by Gasteiger charge is -2.12. The fourth-order valence-corrected chi connectivity index (χ4v) is 1.72. The number of β-amino-alcohol motifs (C(OH)–C–C–N with tert-alkyl or cyclic N) is 2. The Morgan fingerprint density at radius 1 is 1.59 bits per heavy atom. The molecule has 1 aromatic heterocycles. The minimum atomic E-state index is -0.899. The highest BCUT2D eigenvalue weighted by Crippen LogP contribution is 2.14. The lowest BCUT2D eigenvalue weighted by molar-refractivity contribution is 0.0572. The average molecular weight is 242 g/mol. The smallest absolute Gasteiger partial charge is 0.276 e. The molecular formula is C10H14N2O5. The zero-order valence-corrected chi connectivity index (χ0v) is 9.37. The molecule has 0 saturated carbocycles. The maximum atomic E-state index is 11.9. The highest BCUT2D eigenvalue weighted by atomic mass is 16.5. The molecule has 0 spiro atoms. The second-order valence-electron chi connectivity index (χ2n) is 3.96. The van der Waals surface area contributed by atoms with Gasteiger partial charge in [0.2, 0.25) is 0 Å². The Morgan fingerprint density at radius 2 is 2.24 bits per heavy atom. The number of ether oxygens (including phenoxy) is 1. The van der Waals surface area contributed by atoms with Crippen molar-refractivity contribution < 1.29 is 24.3 Å². The van der Waals surface area contributed by atoms with Crippen molar-refractivity contribution in [3.8, 4) is 0 Å². The number of carbonyl (C=O) groups is 1. The molecule has 1 aliphatic rings. The Morgan fingerprint density at radius 3 is 2.82 bits per heavy atom. The second-order valence-corrected chi connectivity index (χ2v) is 3.96. The Labute approximate surface area is 97.6 Å². The van der Waals surface area contributed by atoms with Crippen LogP contribution >= 0.6 is 0 Å². The van der Waals surface area contributed by atoms with Crippen LogP contribution < -0.4 is 0 Å². The van der Waals surface area contributed by atoms with Crippen LogP contribution in [0, 0.1) is 0 Å². The van der Waals surface area contributed by atoms with Gasteiger partial charge in [0.05, 0.1) is 12.2 Å². The minimum Gasteiger partial charge on any atom is -0.388 e. The summed E-state index contributed by atoms with van der Waals surface area (Å²) in [5.74, 6) is 0.0860. The van der Waals surface area contributed by atoms with Crippen LogP contribution in [0.4, 0.5) is 0 Å². The minimum absolute atomic E-state index is 0.104. The number of hydrogen-bond acceptors (Lipinski definition) is 6. The van der Waals surface area contributed by atoms with Crippen LogP contribution in [0.1, 0.15) is 16.2 Å². The zero-order valence-electron chi connectivity index (χ0n) is 9.37. The van der Waals surface area contributed by atoms with E-state index in [9.17, 15) is 15.0 Å². The van der Waals surface area contributed by atoms with E-state index in [2.05, 4.69) is 5.16 Å². The van der Waals surface area contributed by atoms with E-state index in [1.54, 1.807) is 0 Å². The van der Waals surface area contributed by atoms with E-state index < -0.39 is 12.2 Å². The Balaban J connectivity index is 2.04. The first-order valence-corrected chi connectivity index (χ1v) is 5.21. The van der Waals surface area contributed by atoms with Gasteiger partial charge in [-0.1, -0.05) is 5.16 Å². The first kappa shape index (κ1) is 12.0. The summed E-state index contributed by atoms with van der Waals surface area (Å²) in [6.07, 6.45) is -1.80. The Bertz CT molecular complexity index is 395. The lowest BCUT2D eigenvalue weighted by atomic mass is 10.3. The van der Waals surface area contributed by atoms with E-state index in [0.717, 1.165) is 0 Å². The largest absolute Gasteiger partial charge is 0.388 e. The molecular weight excluding hydrogens is 228 g/mol. The van der Waals surface area contributed by atoms with Gasteiger partial charge in [-0.3, -0.25) is 4.79 Å². The molecule has 2 N–H and O–H groups in total. The number of hydrogen-bond donors (Lipinski definition) is 2. The van der Waals surface area contributed by atoms with E-state index >= 15 is 0 Å². The number of amides is 1. The maximum Gasteiger partial charge on any atom is 0.276 e. The summed E-state index contributed by atoms with van der Waals surface area (Å²) in [6.45, 7) is 0.449. The van der Waals surface area contributed by atoms with Gasteiger partial charge in [-0.15, -0.1) is 0 Å². The molecule has 2 rings (SSSR count). The standard InChI is InChI=1S/C10H14N2O5/c1-16-5-6-2-7(11-17-6)10(15)12-3-8(13)9(14)4-12/h2,8-9,13-14H,3-5H2,1H3. The number of nitrogens with zero attached hydrogens (tertiary/aromatic N) is 2. The summed E-state index contributed by atoms with van der Waals surface area (Å²) in [6, 6.07) is 1.49. The average Bonchev–Trinajstić information content (AvgIpc) is 2.87. The molecule has 0 aliphatic carbocycles. The summed E-state index contributed by atoms with van der Waals surface area (Å²) >= 11 is 0. The number of rotatable bonds is 3. The molecule has 0 aromatic carbocycles. The Hall–Kier alpha value is -1.44. The molecule has 1 amide bonds. The predicted molar refractivity (Wildman–Crippen MR) is 55.1 cm³/mol. The number of aliphatic hydroxyl groups is 2. The second kappa shape index (κ2) is 4.82. The van der Waals surface area contributed by atoms with Crippen molar-refractivity contribution in [3.63, 3.8) is 0 Å². The van der Waals surface area contributed by atoms with E-state index in [4.69, 9.17) is 9.26 Å². The van der Waals surface area contributed by atoms with Gasteiger partial charge in [0.25, 0.3) is 5.91 Å². The molecule has 2 atom stereocenters. The van der Waals surface area contributed by atoms with Crippen molar-refractivity contribution in [2.75, 3.05) is 20.2 Å². The van der Waals surface area contributed by atoms with Crippen molar-refractivity contribution in [3.05, 3.63) is 17.5 Å². The monoisotopic (exact) mass is 242 g/mol. The molecule has 2 heterocycles. The molecule has 17 heavy (non-hydrogen) atoms. The van der Waals surface area contributed by atoms with Crippen molar-refractivity contribution in [2.45, 2.75) is 18.8 Å². The maximum absolute atomic E-state index is 11.9. The Kier molecular flexibility index (Phi) is 3.41. The van der Waals surface area contributed by atoms with Crippen molar-refractivity contribution >= 4 is 5.91 Å². The fourth-order valence-electron chi connectivity index (χ4n) is 1.72. The van der Waals surface area contributed by atoms with Crippen molar-refractivity contribution in [1.82, 2.24) is 10.1 Å². The summed E-state index contributed by atoms with van der Waals surface area (Å²) in [4.78, 5) is 13.2. The van der Waals surface area contributed by atoms with Gasteiger partial charge in [-0.05, 0) is 0 Å². The summed E-state index contributed by atoms with van der Waals surface area (Å²) in [5.41, 5.74) is 0.151. The topological polar surface area (TPSA) is 96.0 Å². The van der Waals surface area contributed by atoms with E-state index in [1.807, 2.05) is 0 Å². The highest BCUT2D eigenvalue weighted by Gasteiger charge is 2.34.